The van der Waals surface area contributed by atoms with Gasteiger partial charge in [0.2, 0.25) is 11.5 Å². The van der Waals surface area contributed by atoms with Gasteiger partial charge in [-0.3, -0.25) is 9.36 Å². The van der Waals surface area contributed by atoms with Crippen LogP contribution in [0.5, 0.6) is 0 Å². The van der Waals surface area contributed by atoms with E-state index in [0.717, 1.165) is 17.3 Å². The number of nitrogens with zero attached hydrogens (tertiary/aromatic N) is 3. The van der Waals surface area contributed by atoms with Crippen molar-refractivity contribution in [3.63, 3.8) is 0 Å². The van der Waals surface area contributed by atoms with Gasteiger partial charge in [-0.15, -0.1) is 5.10 Å². The number of carbonyl (C=O) groups excluding carboxylic acids is 1. The predicted octanol–water partition coefficient (Wildman–Crippen LogP) is 2.84. The second-order valence-corrected chi connectivity index (χ2v) is 6.57. The third-order valence-corrected chi connectivity index (χ3v) is 4.78. The molecule has 0 amide bonds. The maximum atomic E-state index is 12.4. The van der Waals surface area contributed by atoms with Crippen molar-refractivity contribution in [2.45, 2.75) is 11.7 Å². The molecule has 4 rings (SSSR count). The number of Topliss-reactive ketones (excluding diaryl/α,β-unsaturated/α-hetero) is 1. The number of ketones is 1. The van der Waals surface area contributed by atoms with Crippen LogP contribution in [-0.2, 0) is 6.54 Å². The van der Waals surface area contributed by atoms with Crippen molar-refractivity contribution in [3.05, 3.63) is 76.8 Å². The maximum absolute atomic E-state index is 12.4. The Balaban J connectivity index is 1.44. The molecule has 9 heteroatoms. The van der Waals surface area contributed by atoms with E-state index >= 15 is 0 Å². The molecule has 0 aliphatic heterocycles. The van der Waals surface area contributed by atoms with Crippen LogP contribution in [0.15, 0.2) is 73.7 Å². The van der Waals surface area contributed by atoms with Crippen molar-refractivity contribution in [3.8, 4) is 11.3 Å². The van der Waals surface area contributed by atoms with Crippen molar-refractivity contribution in [2.24, 2.45) is 0 Å². The molecule has 0 aliphatic carbocycles. The molecule has 0 radical (unpaired) electrons. The molecule has 0 atom stereocenters. The van der Waals surface area contributed by atoms with E-state index < -0.39 is 0 Å². The first-order valence-electron chi connectivity index (χ1n) is 8.06. The fourth-order valence-corrected chi connectivity index (χ4v) is 3.28. The first kappa shape index (κ1) is 17.1. The van der Waals surface area contributed by atoms with Gasteiger partial charge >= 0.3 is 5.69 Å². The zero-order valence-corrected chi connectivity index (χ0v) is 14.8. The highest BCUT2D eigenvalue weighted by atomic mass is 32.2. The molecule has 1 aromatic carbocycles. The largest absolute Gasteiger partial charge is 0.467 e. The zero-order valence-electron chi connectivity index (χ0n) is 14.0. The Morgan fingerprint density at radius 1 is 1.19 bits per heavy atom. The number of hydrogen-bond acceptors (Lipinski definition) is 7. The number of aromatic amines is 1. The molecule has 8 nitrogen and oxygen atoms in total. The summed E-state index contributed by atoms with van der Waals surface area (Å²) in [6.45, 7) is 0.235. The Hall–Kier alpha value is -3.33. The molecule has 0 fully saturated rings. The number of rotatable bonds is 7. The van der Waals surface area contributed by atoms with Gasteiger partial charge in [0.1, 0.15) is 11.5 Å². The van der Waals surface area contributed by atoms with E-state index in [-0.39, 0.29) is 29.5 Å². The number of furan rings is 1. The molecule has 0 unspecified atom stereocenters. The number of hydrogen-bond donors (Lipinski definition) is 1. The van der Waals surface area contributed by atoms with Gasteiger partial charge in [-0.05, 0) is 12.1 Å². The first-order chi connectivity index (χ1) is 13.2. The van der Waals surface area contributed by atoms with E-state index in [1.54, 1.807) is 18.2 Å². The minimum absolute atomic E-state index is 0.0614. The second-order valence-electron chi connectivity index (χ2n) is 5.63. The van der Waals surface area contributed by atoms with Crippen LogP contribution in [-0.4, -0.2) is 31.5 Å². The number of aromatic nitrogens is 4. The highest BCUT2D eigenvalue weighted by Gasteiger charge is 2.17. The lowest BCUT2D eigenvalue weighted by molar-refractivity contribution is 0.0983. The van der Waals surface area contributed by atoms with Crippen LogP contribution >= 0.6 is 11.8 Å². The lowest BCUT2D eigenvalue weighted by Gasteiger charge is -2.02. The van der Waals surface area contributed by atoms with E-state index in [2.05, 4.69) is 15.4 Å². The van der Waals surface area contributed by atoms with Gasteiger partial charge in [0.05, 0.1) is 18.6 Å². The quantitative estimate of drug-likeness (QED) is 0.387. The lowest BCUT2D eigenvalue weighted by atomic mass is 10.1. The molecule has 0 saturated carbocycles. The third-order valence-electron chi connectivity index (χ3n) is 3.80. The topological polar surface area (TPSA) is 107 Å². The van der Waals surface area contributed by atoms with Crippen LogP contribution in [0.1, 0.15) is 16.3 Å². The van der Waals surface area contributed by atoms with Crippen molar-refractivity contribution in [1.29, 1.82) is 0 Å². The molecule has 1 N–H and O–H groups in total. The van der Waals surface area contributed by atoms with Gasteiger partial charge in [-0.2, -0.15) is 0 Å². The van der Waals surface area contributed by atoms with Crippen LogP contribution in [0.25, 0.3) is 11.3 Å². The molecule has 0 aliphatic rings. The molecule has 0 bridgehead atoms. The summed E-state index contributed by atoms with van der Waals surface area (Å²) in [6, 6.07) is 14.6. The lowest BCUT2D eigenvalue weighted by Crippen LogP contribution is -2.18. The summed E-state index contributed by atoms with van der Waals surface area (Å²) < 4.78 is 11.8. The van der Waals surface area contributed by atoms with Gasteiger partial charge in [-0.25, -0.2) is 9.89 Å². The summed E-state index contributed by atoms with van der Waals surface area (Å²) in [5.41, 5.74) is 1.10. The van der Waals surface area contributed by atoms with Gasteiger partial charge in [0, 0.05) is 11.6 Å². The van der Waals surface area contributed by atoms with Gasteiger partial charge in [0.15, 0.2) is 5.16 Å². The van der Waals surface area contributed by atoms with E-state index in [9.17, 15) is 9.59 Å². The molecule has 0 saturated heterocycles. The predicted molar refractivity (Wildman–Crippen MR) is 97.7 cm³/mol. The van der Waals surface area contributed by atoms with Crippen LogP contribution in [0.4, 0.5) is 0 Å². The Kier molecular flexibility index (Phi) is 4.75. The van der Waals surface area contributed by atoms with Gasteiger partial charge < -0.3 is 8.94 Å². The molecule has 0 spiro atoms. The van der Waals surface area contributed by atoms with Crippen molar-refractivity contribution >= 4 is 17.5 Å². The minimum Gasteiger partial charge on any atom is -0.467 e. The first-order valence-corrected chi connectivity index (χ1v) is 9.05. The van der Waals surface area contributed by atoms with Crippen molar-refractivity contribution < 1.29 is 13.7 Å². The summed E-state index contributed by atoms with van der Waals surface area (Å²) in [4.78, 5) is 24.3. The number of carbonyl (C=O) groups is 1. The summed E-state index contributed by atoms with van der Waals surface area (Å²) in [7, 11) is 0. The summed E-state index contributed by atoms with van der Waals surface area (Å²) in [5, 5.41) is 10.7. The molecule has 3 heterocycles. The Morgan fingerprint density at radius 2 is 2.04 bits per heavy atom. The van der Waals surface area contributed by atoms with Gasteiger partial charge in [-0.1, -0.05) is 47.3 Å². The van der Waals surface area contributed by atoms with Crippen LogP contribution < -0.4 is 5.69 Å². The number of H-pyrrole nitrogens is 1. The van der Waals surface area contributed by atoms with Gasteiger partial charge in [0.25, 0.3) is 0 Å². The molecular formula is C18H14N4O4S. The SMILES string of the molecule is O=C(CSc1n[nH]c(=O)n1Cc1ccco1)c1cc(-c2ccccc2)no1. The Labute approximate surface area is 157 Å². The van der Waals surface area contributed by atoms with Crippen LogP contribution in [0.2, 0.25) is 0 Å². The third kappa shape index (κ3) is 3.77. The van der Waals surface area contributed by atoms with E-state index in [0.29, 0.717) is 16.6 Å². The molecule has 4 aromatic rings. The molecule has 3 aromatic heterocycles. The van der Waals surface area contributed by atoms with Crippen molar-refractivity contribution in [1.82, 2.24) is 19.9 Å². The van der Waals surface area contributed by atoms with E-state index in [1.165, 1.54) is 10.8 Å². The number of thioether (sulfide) groups is 1. The summed E-state index contributed by atoms with van der Waals surface area (Å²) in [6.07, 6.45) is 1.53. The second kappa shape index (κ2) is 7.50. The summed E-state index contributed by atoms with van der Waals surface area (Å²) >= 11 is 1.14. The standard InChI is InChI=1S/C18H14N4O4S/c23-15(16-9-14(21-26-16)12-5-2-1-3-6-12)11-27-18-20-19-17(24)22(18)10-13-7-4-8-25-13/h1-9H,10-11H2,(H,19,24). The van der Waals surface area contributed by atoms with E-state index in [4.69, 9.17) is 8.94 Å². The summed E-state index contributed by atoms with van der Waals surface area (Å²) in [5.74, 6) is 0.604. The molecule has 136 valence electrons. The normalized spacial score (nSPS) is 11.0. The number of benzene rings is 1. The number of nitrogens with one attached hydrogen (secondary N) is 1. The zero-order chi connectivity index (χ0) is 18.6. The average Bonchev–Trinajstić information content (AvgIpc) is 3.44. The molecular weight excluding hydrogens is 368 g/mol. The minimum atomic E-state index is -0.368. The van der Waals surface area contributed by atoms with Crippen LogP contribution in [0.3, 0.4) is 0 Å². The van der Waals surface area contributed by atoms with E-state index in [1.807, 2.05) is 30.3 Å². The maximum Gasteiger partial charge on any atom is 0.344 e. The van der Waals surface area contributed by atoms with Crippen LogP contribution in [0, 0.1) is 0 Å². The Bertz CT molecular complexity index is 1100. The smallest absolute Gasteiger partial charge is 0.344 e. The fourth-order valence-electron chi connectivity index (χ4n) is 2.46. The highest BCUT2D eigenvalue weighted by molar-refractivity contribution is 7.99. The highest BCUT2D eigenvalue weighted by Crippen LogP contribution is 2.21. The van der Waals surface area contributed by atoms with Crippen molar-refractivity contribution in [2.75, 3.05) is 5.75 Å². The monoisotopic (exact) mass is 382 g/mol. The average molecular weight is 382 g/mol. The fraction of sp³-hybridized carbons (Fsp3) is 0.111. The Morgan fingerprint density at radius 3 is 2.81 bits per heavy atom. The molecule has 27 heavy (non-hydrogen) atoms.